The Hall–Kier alpha value is -2.82. The minimum atomic E-state index is -0.136. The molecule has 2 aromatic carbocycles. The second-order valence-electron chi connectivity index (χ2n) is 6.78. The maximum atomic E-state index is 12.5. The van der Waals surface area contributed by atoms with Crippen LogP contribution in [0.1, 0.15) is 30.9 Å². The molecule has 0 saturated carbocycles. The molecule has 5 heteroatoms. The lowest BCUT2D eigenvalue weighted by molar-refractivity contribution is -0.132. The average molecular weight is 352 g/mol. The molecule has 136 valence electrons. The smallest absolute Gasteiger partial charge is 0.227 e. The third kappa shape index (κ3) is 4.42. The molecular weight excluding hydrogens is 328 g/mol. The highest BCUT2D eigenvalue weighted by Gasteiger charge is 2.26. The number of carbonyl (C=O) groups is 2. The summed E-state index contributed by atoms with van der Waals surface area (Å²) in [7, 11) is 0. The fourth-order valence-electron chi connectivity index (χ4n) is 3.32. The number of hydrogen-bond acceptors (Lipinski definition) is 3. The molecule has 0 radical (unpaired) electrons. The summed E-state index contributed by atoms with van der Waals surface area (Å²) in [6, 6.07) is 15.4. The number of carbonyl (C=O) groups excluding carboxylic acids is 2. The number of nitrogens with one attached hydrogen (secondary N) is 1. The second kappa shape index (κ2) is 8.04. The van der Waals surface area contributed by atoms with Crippen molar-refractivity contribution in [3.05, 3.63) is 59.7 Å². The summed E-state index contributed by atoms with van der Waals surface area (Å²) in [5.41, 5.74) is 2.64. The van der Waals surface area contributed by atoms with Crippen LogP contribution in [-0.4, -0.2) is 34.9 Å². The summed E-state index contributed by atoms with van der Waals surface area (Å²) >= 11 is 0. The Balaban J connectivity index is 1.64. The van der Waals surface area contributed by atoms with Gasteiger partial charge in [-0.25, -0.2) is 0 Å². The van der Waals surface area contributed by atoms with E-state index >= 15 is 0 Å². The van der Waals surface area contributed by atoms with Crippen molar-refractivity contribution in [2.75, 3.05) is 18.4 Å². The number of anilines is 1. The van der Waals surface area contributed by atoms with Crippen LogP contribution < -0.4 is 5.32 Å². The van der Waals surface area contributed by atoms with E-state index in [0.29, 0.717) is 31.6 Å². The van der Waals surface area contributed by atoms with E-state index in [2.05, 4.69) is 5.32 Å². The Bertz CT molecular complexity index is 781. The van der Waals surface area contributed by atoms with Crippen LogP contribution in [-0.2, 0) is 16.0 Å². The summed E-state index contributed by atoms with van der Waals surface area (Å²) in [6.07, 6.45) is 2.03. The Morgan fingerprint density at radius 1 is 1.08 bits per heavy atom. The number of phenols is 1. The summed E-state index contributed by atoms with van der Waals surface area (Å²) in [4.78, 5) is 25.7. The number of phenolic OH excluding ortho intramolecular Hbond substituents is 1. The van der Waals surface area contributed by atoms with E-state index in [9.17, 15) is 14.7 Å². The van der Waals surface area contributed by atoms with E-state index in [-0.39, 0.29) is 23.5 Å². The molecule has 1 aliphatic heterocycles. The van der Waals surface area contributed by atoms with Gasteiger partial charge in [-0.2, -0.15) is 0 Å². The number of piperidine rings is 1. The molecule has 1 fully saturated rings. The molecule has 1 saturated heterocycles. The fraction of sp³-hybridized carbons (Fsp3) is 0.333. The van der Waals surface area contributed by atoms with Gasteiger partial charge in [-0.1, -0.05) is 36.4 Å². The molecular formula is C21H24N2O3. The normalized spacial score (nSPS) is 14.9. The summed E-state index contributed by atoms with van der Waals surface area (Å²) in [5, 5.41) is 13.0. The van der Waals surface area contributed by atoms with Crippen molar-refractivity contribution in [2.45, 2.75) is 26.2 Å². The Morgan fingerprint density at radius 2 is 1.77 bits per heavy atom. The predicted octanol–water partition coefficient (Wildman–Crippen LogP) is 3.18. The maximum absolute atomic E-state index is 12.5. The van der Waals surface area contributed by atoms with Gasteiger partial charge in [0.15, 0.2) is 0 Å². The van der Waals surface area contributed by atoms with Crippen molar-refractivity contribution in [1.82, 2.24) is 4.90 Å². The van der Waals surface area contributed by atoms with Crippen molar-refractivity contribution in [3.8, 4) is 5.75 Å². The fourth-order valence-corrected chi connectivity index (χ4v) is 3.32. The molecule has 0 bridgehead atoms. The lowest BCUT2D eigenvalue weighted by Crippen LogP contribution is -2.40. The Labute approximate surface area is 153 Å². The molecule has 1 heterocycles. The van der Waals surface area contributed by atoms with Gasteiger partial charge in [0.1, 0.15) is 5.75 Å². The minimum Gasteiger partial charge on any atom is -0.506 e. The summed E-state index contributed by atoms with van der Waals surface area (Å²) < 4.78 is 0. The third-order valence-corrected chi connectivity index (χ3v) is 4.88. The van der Waals surface area contributed by atoms with E-state index in [4.69, 9.17) is 0 Å². The zero-order valence-electron chi connectivity index (χ0n) is 14.9. The highest BCUT2D eigenvalue weighted by Crippen LogP contribution is 2.27. The predicted molar refractivity (Wildman–Crippen MR) is 101 cm³/mol. The van der Waals surface area contributed by atoms with Crippen molar-refractivity contribution in [1.29, 1.82) is 0 Å². The third-order valence-electron chi connectivity index (χ3n) is 4.88. The Morgan fingerprint density at radius 3 is 2.42 bits per heavy atom. The van der Waals surface area contributed by atoms with Crippen LogP contribution in [0.3, 0.4) is 0 Å². The van der Waals surface area contributed by atoms with Crippen LogP contribution in [0.15, 0.2) is 48.5 Å². The topological polar surface area (TPSA) is 69.6 Å². The largest absolute Gasteiger partial charge is 0.506 e. The number of nitrogens with zero attached hydrogens (tertiary/aromatic N) is 1. The van der Waals surface area contributed by atoms with Gasteiger partial charge in [0, 0.05) is 25.9 Å². The lowest BCUT2D eigenvalue weighted by atomic mass is 9.95. The number of hydrogen-bond donors (Lipinski definition) is 2. The standard InChI is InChI=1S/C21H24N2O3/c1-15(24)23-11-9-18(10-12-23)21(26)22-19-14-17(7-8-20(19)25)13-16-5-3-2-4-6-16/h2-8,14,18,25H,9-13H2,1H3,(H,22,26). The van der Waals surface area contributed by atoms with Crippen LogP contribution in [0, 0.1) is 5.92 Å². The molecule has 1 aliphatic rings. The molecule has 0 aromatic heterocycles. The van der Waals surface area contributed by atoms with E-state index < -0.39 is 0 Å². The zero-order valence-corrected chi connectivity index (χ0v) is 14.9. The first kappa shape index (κ1) is 18.0. The van der Waals surface area contributed by atoms with Crippen LogP contribution >= 0.6 is 0 Å². The van der Waals surface area contributed by atoms with Gasteiger partial charge in [0.2, 0.25) is 11.8 Å². The number of rotatable bonds is 4. The monoisotopic (exact) mass is 352 g/mol. The average Bonchev–Trinajstić information content (AvgIpc) is 2.65. The van der Waals surface area contributed by atoms with Gasteiger partial charge in [-0.15, -0.1) is 0 Å². The molecule has 0 unspecified atom stereocenters. The minimum absolute atomic E-state index is 0.0510. The maximum Gasteiger partial charge on any atom is 0.227 e. The zero-order chi connectivity index (χ0) is 18.5. The van der Waals surface area contributed by atoms with Crippen LogP contribution in [0.25, 0.3) is 0 Å². The van der Waals surface area contributed by atoms with E-state index in [1.165, 1.54) is 5.56 Å². The van der Waals surface area contributed by atoms with E-state index in [1.807, 2.05) is 42.5 Å². The van der Waals surface area contributed by atoms with Crippen molar-refractivity contribution in [3.63, 3.8) is 0 Å². The van der Waals surface area contributed by atoms with Gasteiger partial charge >= 0.3 is 0 Å². The highest BCUT2D eigenvalue weighted by molar-refractivity contribution is 5.94. The second-order valence-corrected chi connectivity index (χ2v) is 6.78. The molecule has 0 atom stereocenters. The van der Waals surface area contributed by atoms with Gasteiger partial charge < -0.3 is 15.3 Å². The first-order valence-electron chi connectivity index (χ1n) is 8.95. The SMILES string of the molecule is CC(=O)N1CCC(C(=O)Nc2cc(Cc3ccccc3)ccc2O)CC1. The van der Waals surface area contributed by atoms with Gasteiger partial charge in [-0.3, -0.25) is 9.59 Å². The number of likely N-dealkylation sites (tertiary alicyclic amines) is 1. The van der Waals surface area contributed by atoms with Crippen molar-refractivity contribution < 1.29 is 14.7 Å². The van der Waals surface area contributed by atoms with Crippen LogP contribution in [0.2, 0.25) is 0 Å². The van der Waals surface area contributed by atoms with Gasteiger partial charge in [0.25, 0.3) is 0 Å². The van der Waals surface area contributed by atoms with Gasteiger partial charge in [-0.05, 0) is 42.5 Å². The van der Waals surface area contributed by atoms with Gasteiger partial charge in [0.05, 0.1) is 5.69 Å². The highest BCUT2D eigenvalue weighted by atomic mass is 16.3. The van der Waals surface area contributed by atoms with E-state index in [0.717, 1.165) is 12.0 Å². The number of amides is 2. The number of benzene rings is 2. The molecule has 5 nitrogen and oxygen atoms in total. The molecule has 26 heavy (non-hydrogen) atoms. The summed E-state index contributed by atoms with van der Waals surface area (Å²) in [5.74, 6) is -0.116. The quantitative estimate of drug-likeness (QED) is 0.831. The van der Waals surface area contributed by atoms with E-state index in [1.54, 1.807) is 17.9 Å². The van der Waals surface area contributed by atoms with Crippen LogP contribution in [0.5, 0.6) is 5.75 Å². The molecule has 0 aliphatic carbocycles. The first-order chi connectivity index (χ1) is 12.5. The first-order valence-corrected chi connectivity index (χ1v) is 8.95. The number of aromatic hydroxyl groups is 1. The van der Waals surface area contributed by atoms with Crippen molar-refractivity contribution in [2.24, 2.45) is 5.92 Å². The molecule has 2 amide bonds. The molecule has 2 aromatic rings. The molecule has 2 N–H and O–H groups in total. The Kier molecular flexibility index (Phi) is 5.56. The van der Waals surface area contributed by atoms with Crippen LogP contribution in [0.4, 0.5) is 5.69 Å². The summed E-state index contributed by atoms with van der Waals surface area (Å²) in [6.45, 7) is 2.76. The molecule has 3 rings (SSSR count). The van der Waals surface area contributed by atoms with Crippen molar-refractivity contribution >= 4 is 17.5 Å². The molecule has 0 spiro atoms. The lowest BCUT2D eigenvalue weighted by Gasteiger charge is -2.30.